The van der Waals surface area contributed by atoms with Gasteiger partial charge in [0.2, 0.25) is 0 Å². The van der Waals surface area contributed by atoms with Crippen LogP contribution in [0.4, 0.5) is 0 Å². The molecule has 1 aromatic heterocycles. The van der Waals surface area contributed by atoms with Crippen LogP contribution >= 0.6 is 11.8 Å². The number of aromatic nitrogens is 1. The number of nitrogens with zero attached hydrogens (tertiary/aromatic N) is 2. The molecular weight excluding hydrogens is 196 g/mol. The number of aryl methyl sites for hydroxylation is 2. The van der Waals surface area contributed by atoms with Crippen molar-refractivity contribution in [1.82, 2.24) is 4.98 Å². The first kappa shape index (κ1) is 11.1. The van der Waals surface area contributed by atoms with Gasteiger partial charge in [-0.25, -0.2) is 4.98 Å². The summed E-state index contributed by atoms with van der Waals surface area (Å²) in [5.74, 6) is 1.87. The van der Waals surface area contributed by atoms with Crippen molar-refractivity contribution in [3.63, 3.8) is 0 Å². The average molecular weight is 210 g/mol. The first-order valence-electron chi connectivity index (χ1n) is 4.68. The van der Waals surface area contributed by atoms with Crippen LogP contribution in [0.3, 0.4) is 0 Å². The van der Waals surface area contributed by atoms with E-state index in [-0.39, 0.29) is 0 Å². The Labute approximate surface area is 88.5 Å². The zero-order valence-electron chi connectivity index (χ0n) is 8.54. The molecule has 0 radical (unpaired) electrons. The van der Waals surface area contributed by atoms with Gasteiger partial charge in [-0.2, -0.15) is 5.26 Å². The summed E-state index contributed by atoms with van der Waals surface area (Å²) in [5.41, 5.74) is 0.963. The monoisotopic (exact) mass is 210 g/mol. The van der Waals surface area contributed by atoms with Gasteiger partial charge in [-0.3, -0.25) is 0 Å². The van der Waals surface area contributed by atoms with Crippen molar-refractivity contribution in [1.29, 1.82) is 5.26 Å². The minimum absolute atomic E-state index is 0.643. The first-order valence-corrected chi connectivity index (χ1v) is 5.66. The molecule has 3 nitrogen and oxygen atoms in total. The third-order valence-electron chi connectivity index (χ3n) is 1.92. The van der Waals surface area contributed by atoms with Crippen LogP contribution in [-0.2, 0) is 0 Å². The number of nitriles is 1. The number of hydrogen-bond acceptors (Lipinski definition) is 4. The highest BCUT2D eigenvalue weighted by atomic mass is 32.2. The van der Waals surface area contributed by atoms with Crippen LogP contribution in [0.25, 0.3) is 0 Å². The van der Waals surface area contributed by atoms with E-state index in [4.69, 9.17) is 9.68 Å². The molecule has 1 heterocycles. The summed E-state index contributed by atoms with van der Waals surface area (Å²) in [6.07, 6.45) is 2.64. The van der Waals surface area contributed by atoms with E-state index in [1.165, 1.54) is 0 Å². The Kier molecular flexibility index (Phi) is 4.54. The van der Waals surface area contributed by atoms with E-state index in [1.54, 1.807) is 11.8 Å². The van der Waals surface area contributed by atoms with Gasteiger partial charge in [0.25, 0.3) is 5.22 Å². The molecule has 0 spiro atoms. The molecule has 1 aromatic rings. The number of thioether (sulfide) groups is 1. The number of unbranched alkanes of at least 4 members (excludes halogenated alkanes) is 2. The standard InChI is InChI=1S/C10H14N2OS/c1-8-9(2)13-10(12-8)14-7-5-3-4-6-11/h3-5,7H2,1-2H3. The van der Waals surface area contributed by atoms with E-state index >= 15 is 0 Å². The molecule has 0 aliphatic carbocycles. The Morgan fingerprint density at radius 3 is 2.79 bits per heavy atom. The van der Waals surface area contributed by atoms with Crippen molar-refractivity contribution in [2.24, 2.45) is 0 Å². The molecule has 0 N–H and O–H groups in total. The van der Waals surface area contributed by atoms with Crippen molar-refractivity contribution in [2.75, 3.05) is 5.75 Å². The molecule has 76 valence electrons. The molecule has 14 heavy (non-hydrogen) atoms. The second-order valence-corrected chi connectivity index (χ2v) is 4.13. The minimum Gasteiger partial charge on any atom is -0.437 e. The quantitative estimate of drug-likeness (QED) is 0.553. The fourth-order valence-corrected chi connectivity index (χ4v) is 1.88. The molecule has 0 fully saturated rings. The predicted octanol–water partition coefficient (Wildman–Crippen LogP) is 3.08. The molecule has 1 rings (SSSR count). The van der Waals surface area contributed by atoms with Crippen molar-refractivity contribution >= 4 is 11.8 Å². The van der Waals surface area contributed by atoms with E-state index in [0.717, 1.165) is 35.3 Å². The van der Waals surface area contributed by atoms with Gasteiger partial charge in [-0.05, 0) is 26.7 Å². The smallest absolute Gasteiger partial charge is 0.256 e. The predicted molar refractivity (Wildman–Crippen MR) is 56.2 cm³/mol. The van der Waals surface area contributed by atoms with Gasteiger partial charge in [-0.1, -0.05) is 11.8 Å². The van der Waals surface area contributed by atoms with E-state index in [1.807, 2.05) is 13.8 Å². The first-order chi connectivity index (χ1) is 6.74. The maximum absolute atomic E-state index is 8.33. The van der Waals surface area contributed by atoms with Gasteiger partial charge >= 0.3 is 0 Å². The second-order valence-electron chi connectivity index (χ2n) is 3.09. The Morgan fingerprint density at radius 2 is 2.21 bits per heavy atom. The SMILES string of the molecule is Cc1nc(SCCCCC#N)oc1C. The Bertz CT molecular complexity index is 308. The molecule has 0 amide bonds. The maximum atomic E-state index is 8.33. The number of hydrogen-bond donors (Lipinski definition) is 0. The Morgan fingerprint density at radius 1 is 1.43 bits per heavy atom. The summed E-state index contributed by atoms with van der Waals surface area (Å²) in [6.45, 7) is 3.86. The minimum atomic E-state index is 0.643. The lowest BCUT2D eigenvalue weighted by atomic mass is 10.3. The number of oxazole rings is 1. The van der Waals surface area contributed by atoms with E-state index < -0.39 is 0 Å². The fourth-order valence-electron chi connectivity index (χ4n) is 0.971. The summed E-state index contributed by atoms with van der Waals surface area (Å²) in [6, 6.07) is 2.13. The van der Waals surface area contributed by atoms with Crippen LogP contribution < -0.4 is 0 Å². The summed E-state index contributed by atoms with van der Waals surface area (Å²) in [7, 11) is 0. The van der Waals surface area contributed by atoms with E-state index in [0.29, 0.717) is 6.42 Å². The molecule has 4 heteroatoms. The van der Waals surface area contributed by atoms with Gasteiger partial charge in [0.15, 0.2) is 0 Å². The topological polar surface area (TPSA) is 49.8 Å². The van der Waals surface area contributed by atoms with Crippen LogP contribution in [0.5, 0.6) is 0 Å². The Hall–Kier alpha value is -0.950. The van der Waals surface area contributed by atoms with Crippen LogP contribution in [0.15, 0.2) is 9.64 Å². The molecule has 0 saturated heterocycles. The summed E-state index contributed by atoms with van der Waals surface area (Å²) >= 11 is 1.62. The lowest BCUT2D eigenvalue weighted by molar-refractivity contribution is 0.431. The lowest BCUT2D eigenvalue weighted by Gasteiger charge is -1.93. The number of rotatable bonds is 5. The maximum Gasteiger partial charge on any atom is 0.256 e. The van der Waals surface area contributed by atoms with Crippen LogP contribution in [-0.4, -0.2) is 10.7 Å². The lowest BCUT2D eigenvalue weighted by Crippen LogP contribution is -1.80. The van der Waals surface area contributed by atoms with Crippen LogP contribution in [0, 0.1) is 25.2 Å². The van der Waals surface area contributed by atoms with Gasteiger partial charge < -0.3 is 4.42 Å². The van der Waals surface area contributed by atoms with Crippen molar-refractivity contribution in [3.05, 3.63) is 11.5 Å². The van der Waals surface area contributed by atoms with E-state index in [2.05, 4.69) is 11.1 Å². The van der Waals surface area contributed by atoms with Gasteiger partial charge in [-0.15, -0.1) is 0 Å². The van der Waals surface area contributed by atoms with Crippen LogP contribution in [0.1, 0.15) is 30.7 Å². The zero-order chi connectivity index (χ0) is 10.4. The molecule has 0 aromatic carbocycles. The molecule has 0 saturated carbocycles. The molecule has 0 aliphatic heterocycles. The highest BCUT2D eigenvalue weighted by molar-refractivity contribution is 7.99. The largest absolute Gasteiger partial charge is 0.437 e. The summed E-state index contributed by atoms with van der Waals surface area (Å²) in [4.78, 5) is 4.26. The van der Waals surface area contributed by atoms with Gasteiger partial charge in [0.1, 0.15) is 5.76 Å². The van der Waals surface area contributed by atoms with Gasteiger partial charge in [0.05, 0.1) is 11.8 Å². The molecule has 0 unspecified atom stereocenters. The highest BCUT2D eigenvalue weighted by Crippen LogP contribution is 2.21. The third kappa shape index (κ3) is 3.43. The van der Waals surface area contributed by atoms with Crippen molar-refractivity contribution < 1.29 is 4.42 Å². The zero-order valence-corrected chi connectivity index (χ0v) is 9.36. The molecule has 0 bridgehead atoms. The Balaban J connectivity index is 2.22. The van der Waals surface area contributed by atoms with Crippen molar-refractivity contribution in [3.8, 4) is 6.07 Å². The fraction of sp³-hybridized carbons (Fsp3) is 0.600. The summed E-state index contributed by atoms with van der Waals surface area (Å²) < 4.78 is 5.41. The van der Waals surface area contributed by atoms with Crippen molar-refractivity contribution in [2.45, 2.75) is 38.3 Å². The highest BCUT2D eigenvalue weighted by Gasteiger charge is 2.04. The normalized spacial score (nSPS) is 10.1. The molecular formula is C10H14N2OS. The summed E-state index contributed by atoms with van der Waals surface area (Å²) in [5, 5.41) is 9.08. The average Bonchev–Trinajstić information content (AvgIpc) is 2.46. The van der Waals surface area contributed by atoms with E-state index in [9.17, 15) is 0 Å². The third-order valence-corrected chi connectivity index (χ3v) is 2.83. The van der Waals surface area contributed by atoms with Crippen LogP contribution in [0.2, 0.25) is 0 Å². The molecule has 0 atom stereocenters. The second kappa shape index (κ2) is 5.71. The molecule has 0 aliphatic rings. The van der Waals surface area contributed by atoms with Gasteiger partial charge in [0, 0.05) is 12.2 Å².